The molecule has 0 N–H and O–H groups in total. The second-order valence-electron chi connectivity index (χ2n) is 5.76. The van der Waals surface area contributed by atoms with Gasteiger partial charge in [0.05, 0.1) is 0 Å². The summed E-state index contributed by atoms with van der Waals surface area (Å²) in [6.07, 6.45) is 0.967. The maximum absolute atomic E-state index is 12.6. The number of ketones is 1. The van der Waals surface area contributed by atoms with E-state index in [1.807, 2.05) is 24.3 Å². The lowest BCUT2D eigenvalue weighted by molar-refractivity contribution is 0.104. The van der Waals surface area contributed by atoms with Gasteiger partial charge >= 0.3 is 0 Å². The highest BCUT2D eigenvalue weighted by molar-refractivity contribution is 6.22. The topological polar surface area (TPSA) is 17.1 Å². The number of rotatable bonds is 0. The minimum atomic E-state index is 0.160. The Bertz CT molecular complexity index is 934. The van der Waals surface area contributed by atoms with Gasteiger partial charge in [-0.05, 0) is 51.9 Å². The molecule has 0 saturated heterocycles. The van der Waals surface area contributed by atoms with Crippen LogP contribution in [-0.2, 0) is 6.42 Å². The summed E-state index contributed by atoms with van der Waals surface area (Å²) in [5, 5.41) is 0. The lowest BCUT2D eigenvalue weighted by Gasteiger charge is -2.05. The third kappa shape index (κ3) is 1.33. The van der Waals surface area contributed by atoms with Crippen molar-refractivity contribution in [2.75, 3.05) is 0 Å². The first kappa shape index (κ1) is 11.0. The summed E-state index contributed by atoms with van der Waals surface area (Å²) in [5.41, 5.74) is 9.07. The second kappa shape index (κ2) is 3.70. The predicted octanol–water partition coefficient (Wildman–Crippen LogP) is 4.47. The zero-order valence-corrected chi connectivity index (χ0v) is 11.4. The predicted molar refractivity (Wildman–Crippen MR) is 83.6 cm³/mol. The number of hydrogen-bond acceptors (Lipinski definition) is 1. The van der Waals surface area contributed by atoms with E-state index in [2.05, 4.69) is 36.4 Å². The van der Waals surface area contributed by atoms with Crippen molar-refractivity contribution in [2.24, 2.45) is 0 Å². The summed E-state index contributed by atoms with van der Waals surface area (Å²) in [6.45, 7) is 0. The average Bonchev–Trinajstić information content (AvgIpc) is 3.02. The van der Waals surface area contributed by atoms with Crippen LogP contribution < -0.4 is 0 Å². The smallest absolute Gasteiger partial charge is 0.194 e. The van der Waals surface area contributed by atoms with Gasteiger partial charge < -0.3 is 0 Å². The monoisotopic (exact) mass is 268 g/mol. The van der Waals surface area contributed by atoms with Crippen LogP contribution in [0.5, 0.6) is 0 Å². The van der Waals surface area contributed by atoms with E-state index >= 15 is 0 Å². The Morgan fingerprint density at radius 1 is 0.571 bits per heavy atom. The van der Waals surface area contributed by atoms with Gasteiger partial charge in [0.2, 0.25) is 0 Å². The summed E-state index contributed by atoms with van der Waals surface area (Å²) in [4.78, 5) is 12.6. The highest BCUT2D eigenvalue weighted by atomic mass is 16.1. The highest BCUT2D eigenvalue weighted by Crippen LogP contribution is 2.44. The normalized spacial score (nSPS) is 13.6. The molecule has 98 valence electrons. The summed E-state index contributed by atoms with van der Waals surface area (Å²) >= 11 is 0. The van der Waals surface area contributed by atoms with E-state index in [1.54, 1.807) is 0 Å². The van der Waals surface area contributed by atoms with Gasteiger partial charge in [-0.2, -0.15) is 0 Å². The summed E-state index contributed by atoms with van der Waals surface area (Å²) in [7, 11) is 0. The van der Waals surface area contributed by atoms with Crippen molar-refractivity contribution in [2.45, 2.75) is 6.42 Å². The average molecular weight is 268 g/mol. The number of fused-ring (bicyclic) bond motifs is 6. The van der Waals surface area contributed by atoms with Gasteiger partial charge in [0.15, 0.2) is 5.78 Å². The Balaban J connectivity index is 1.81. The van der Waals surface area contributed by atoms with Crippen molar-refractivity contribution in [1.29, 1.82) is 0 Å². The zero-order valence-electron chi connectivity index (χ0n) is 11.4. The Morgan fingerprint density at radius 3 is 2.14 bits per heavy atom. The fourth-order valence-electron chi connectivity index (χ4n) is 3.66. The van der Waals surface area contributed by atoms with Crippen molar-refractivity contribution >= 4 is 5.78 Å². The quantitative estimate of drug-likeness (QED) is 0.405. The molecule has 0 radical (unpaired) electrons. The molecule has 0 fully saturated rings. The van der Waals surface area contributed by atoms with Crippen LogP contribution in [0.15, 0.2) is 60.7 Å². The van der Waals surface area contributed by atoms with Gasteiger partial charge in [-0.3, -0.25) is 4.79 Å². The van der Waals surface area contributed by atoms with Gasteiger partial charge in [0.25, 0.3) is 0 Å². The Labute approximate surface area is 122 Å². The minimum absolute atomic E-state index is 0.160. The van der Waals surface area contributed by atoms with E-state index in [1.165, 1.54) is 22.3 Å². The summed E-state index contributed by atoms with van der Waals surface area (Å²) in [5.74, 6) is 0.160. The third-order valence-electron chi connectivity index (χ3n) is 4.64. The molecule has 0 amide bonds. The first-order valence-corrected chi connectivity index (χ1v) is 7.22. The van der Waals surface area contributed by atoms with Crippen molar-refractivity contribution < 1.29 is 4.79 Å². The Morgan fingerprint density at radius 2 is 1.29 bits per heavy atom. The summed E-state index contributed by atoms with van der Waals surface area (Å²) < 4.78 is 0. The maximum atomic E-state index is 12.6. The van der Waals surface area contributed by atoms with E-state index in [-0.39, 0.29) is 5.78 Å². The standard InChI is InChI=1S/C20H12O/c21-20-16-8-4-3-7-15(16)18-10-13-9-12-5-1-2-6-14(12)17(13)11-19(18)20/h1-8,10-11H,9H2. The Kier molecular flexibility index (Phi) is 1.95. The highest BCUT2D eigenvalue weighted by Gasteiger charge is 2.29. The van der Waals surface area contributed by atoms with Gasteiger partial charge in [-0.15, -0.1) is 0 Å². The molecular formula is C20H12O. The van der Waals surface area contributed by atoms with E-state index in [4.69, 9.17) is 0 Å². The molecule has 0 spiro atoms. The molecule has 0 aliphatic heterocycles. The van der Waals surface area contributed by atoms with Crippen LogP contribution in [-0.4, -0.2) is 5.78 Å². The van der Waals surface area contributed by atoms with Gasteiger partial charge in [0, 0.05) is 11.1 Å². The van der Waals surface area contributed by atoms with Crippen LogP contribution in [0.25, 0.3) is 22.3 Å². The lowest BCUT2D eigenvalue weighted by Crippen LogP contribution is -1.95. The van der Waals surface area contributed by atoms with Crippen molar-refractivity contribution in [3.8, 4) is 22.3 Å². The van der Waals surface area contributed by atoms with E-state index in [0.29, 0.717) is 0 Å². The first-order chi connectivity index (χ1) is 10.3. The van der Waals surface area contributed by atoms with Crippen LogP contribution in [0.4, 0.5) is 0 Å². The van der Waals surface area contributed by atoms with Crippen molar-refractivity contribution in [1.82, 2.24) is 0 Å². The molecule has 0 heterocycles. The number of benzene rings is 3. The lowest BCUT2D eigenvalue weighted by atomic mass is 9.98. The van der Waals surface area contributed by atoms with Crippen LogP contribution in [0.3, 0.4) is 0 Å². The summed E-state index contributed by atoms with van der Waals surface area (Å²) in [6, 6.07) is 20.7. The molecule has 5 rings (SSSR count). The minimum Gasteiger partial charge on any atom is -0.289 e. The van der Waals surface area contributed by atoms with E-state index in [9.17, 15) is 4.79 Å². The zero-order chi connectivity index (χ0) is 14.0. The molecule has 0 saturated carbocycles. The molecule has 0 bridgehead atoms. The van der Waals surface area contributed by atoms with Gasteiger partial charge in [0.1, 0.15) is 0 Å². The van der Waals surface area contributed by atoms with Crippen molar-refractivity contribution in [3.05, 3.63) is 82.9 Å². The Hall–Kier alpha value is -2.67. The second-order valence-corrected chi connectivity index (χ2v) is 5.76. The molecule has 3 aromatic carbocycles. The number of hydrogen-bond donors (Lipinski definition) is 0. The molecule has 0 atom stereocenters. The molecule has 1 heteroatoms. The van der Waals surface area contributed by atoms with E-state index in [0.717, 1.165) is 28.7 Å². The maximum Gasteiger partial charge on any atom is 0.194 e. The molecular weight excluding hydrogens is 256 g/mol. The number of carbonyl (C=O) groups excluding carboxylic acids is 1. The molecule has 1 nitrogen and oxygen atoms in total. The molecule has 0 unspecified atom stereocenters. The molecule has 3 aromatic rings. The SMILES string of the molecule is O=C1c2ccccc2-c2cc3c(cc21)-c1ccccc1C3. The number of carbonyl (C=O) groups is 1. The first-order valence-electron chi connectivity index (χ1n) is 7.22. The molecule has 0 aromatic heterocycles. The largest absolute Gasteiger partial charge is 0.289 e. The van der Waals surface area contributed by atoms with Crippen LogP contribution in [0.2, 0.25) is 0 Å². The van der Waals surface area contributed by atoms with Crippen LogP contribution in [0, 0.1) is 0 Å². The van der Waals surface area contributed by atoms with Gasteiger partial charge in [-0.25, -0.2) is 0 Å². The van der Waals surface area contributed by atoms with Crippen molar-refractivity contribution in [3.63, 3.8) is 0 Å². The fraction of sp³-hybridized carbons (Fsp3) is 0.0500. The molecule has 2 aliphatic rings. The molecule has 2 aliphatic carbocycles. The fourth-order valence-corrected chi connectivity index (χ4v) is 3.66. The van der Waals surface area contributed by atoms with E-state index < -0.39 is 0 Å². The van der Waals surface area contributed by atoms with Gasteiger partial charge in [-0.1, -0.05) is 48.5 Å². The van der Waals surface area contributed by atoms with Crippen LogP contribution >= 0.6 is 0 Å². The third-order valence-corrected chi connectivity index (χ3v) is 4.64. The van der Waals surface area contributed by atoms with Crippen LogP contribution in [0.1, 0.15) is 27.0 Å². The molecule has 21 heavy (non-hydrogen) atoms.